The van der Waals surface area contributed by atoms with Crippen LogP contribution < -0.4 is 25.4 Å². The lowest BCUT2D eigenvalue weighted by Crippen LogP contribution is -2.33. The van der Waals surface area contributed by atoms with Crippen LogP contribution >= 0.6 is 0 Å². The average molecular weight is 516 g/mol. The number of hydrogen-bond donors (Lipinski definition) is 3. The van der Waals surface area contributed by atoms with E-state index in [1.165, 1.54) is 19.4 Å². The SMILES string of the molecule is COc1cc(CNc2ncccc2C(=O)Nc2cc(OC[C@H]3CCCNC3)cc(C(F)(F)F)c2)ccn1. The molecular formula is C26H28F3N5O3. The second-order valence-corrected chi connectivity index (χ2v) is 8.68. The topological polar surface area (TPSA) is 97.4 Å². The van der Waals surface area contributed by atoms with Gasteiger partial charge in [-0.3, -0.25) is 4.79 Å². The zero-order valence-corrected chi connectivity index (χ0v) is 20.3. The molecule has 1 aliphatic heterocycles. The van der Waals surface area contributed by atoms with Gasteiger partial charge in [0, 0.05) is 49.2 Å². The van der Waals surface area contributed by atoms with E-state index < -0.39 is 17.6 Å². The molecule has 0 aliphatic carbocycles. The lowest BCUT2D eigenvalue weighted by molar-refractivity contribution is -0.137. The maximum Gasteiger partial charge on any atom is 0.416 e. The zero-order valence-electron chi connectivity index (χ0n) is 20.3. The van der Waals surface area contributed by atoms with E-state index in [0.29, 0.717) is 12.4 Å². The third-order valence-electron chi connectivity index (χ3n) is 5.90. The quantitative estimate of drug-likeness (QED) is 0.379. The first kappa shape index (κ1) is 26.2. The summed E-state index contributed by atoms with van der Waals surface area (Å²) < 4.78 is 51.5. The van der Waals surface area contributed by atoms with Crippen molar-refractivity contribution in [1.82, 2.24) is 15.3 Å². The molecule has 196 valence electrons. The Morgan fingerprint density at radius 1 is 1.16 bits per heavy atom. The van der Waals surface area contributed by atoms with Gasteiger partial charge in [0.05, 0.1) is 24.8 Å². The minimum Gasteiger partial charge on any atom is -0.493 e. The molecule has 1 amide bonds. The van der Waals surface area contributed by atoms with Gasteiger partial charge in [-0.25, -0.2) is 9.97 Å². The van der Waals surface area contributed by atoms with Crippen LogP contribution in [0.5, 0.6) is 11.6 Å². The Balaban J connectivity index is 1.49. The number of benzene rings is 1. The fourth-order valence-corrected chi connectivity index (χ4v) is 3.98. The highest BCUT2D eigenvalue weighted by atomic mass is 19.4. The van der Waals surface area contributed by atoms with Crippen LogP contribution in [0.15, 0.2) is 54.9 Å². The molecule has 0 radical (unpaired) electrons. The van der Waals surface area contributed by atoms with Crippen molar-refractivity contribution in [1.29, 1.82) is 0 Å². The van der Waals surface area contributed by atoms with Crippen LogP contribution in [-0.4, -0.2) is 42.7 Å². The van der Waals surface area contributed by atoms with Gasteiger partial charge in [-0.2, -0.15) is 13.2 Å². The van der Waals surface area contributed by atoms with E-state index >= 15 is 0 Å². The van der Waals surface area contributed by atoms with Crippen molar-refractivity contribution in [3.8, 4) is 11.6 Å². The Morgan fingerprint density at radius 2 is 2.03 bits per heavy atom. The van der Waals surface area contributed by atoms with Gasteiger partial charge < -0.3 is 25.4 Å². The lowest BCUT2D eigenvalue weighted by Gasteiger charge is -2.23. The van der Waals surface area contributed by atoms with Crippen LogP contribution in [0.4, 0.5) is 24.7 Å². The molecule has 1 aromatic carbocycles. The van der Waals surface area contributed by atoms with Crippen molar-refractivity contribution >= 4 is 17.4 Å². The van der Waals surface area contributed by atoms with E-state index in [-0.39, 0.29) is 35.3 Å². The standard InChI is InChI=1S/C26H28F3N5O3/c1-36-23-10-17(6-9-31-23)15-33-24-22(5-3-8-32-24)25(35)34-20-11-19(26(27,28)29)12-21(13-20)37-16-18-4-2-7-30-14-18/h3,5-6,8-13,18,30H,2,4,7,14-16H2,1H3,(H,32,33)(H,34,35)/t18-/m0/s1. The van der Waals surface area contributed by atoms with E-state index in [1.54, 1.807) is 30.5 Å². The number of nitrogens with zero attached hydrogens (tertiary/aromatic N) is 2. The molecule has 0 unspecified atom stereocenters. The number of aromatic nitrogens is 2. The van der Waals surface area contributed by atoms with E-state index in [9.17, 15) is 18.0 Å². The maximum atomic E-state index is 13.6. The van der Waals surface area contributed by atoms with Crippen LogP contribution in [0, 0.1) is 5.92 Å². The number of rotatable bonds is 9. The minimum absolute atomic E-state index is 0.0229. The number of anilines is 2. The highest BCUT2D eigenvalue weighted by Gasteiger charge is 2.32. The van der Waals surface area contributed by atoms with Crippen molar-refractivity contribution in [2.75, 3.05) is 37.4 Å². The Labute approximate surface area is 212 Å². The number of halogens is 3. The van der Waals surface area contributed by atoms with Crippen molar-refractivity contribution in [3.63, 3.8) is 0 Å². The molecule has 3 N–H and O–H groups in total. The number of alkyl halides is 3. The summed E-state index contributed by atoms with van der Waals surface area (Å²) in [5.74, 6) is 0.381. The highest BCUT2D eigenvalue weighted by Crippen LogP contribution is 2.34. The van der Waals surface area contributed by atoms with E-state index in [4.69, 9.17) is 9.47 Å². The van der Waals surface area contributed by atoms with Gasteiger partial charge in [-0.1, -0.05) is 0 Å². The minimum atomic E-state index is -4.60. The number of pyridine rings is 2. The second-order valence-electron chi connectivity index (χ2n) is 8.68. The van der Waals surface area contributed by atoms with Crippen LogP contribution in [-0.2, 0) is 12.7 Å². The Hall–Kier alpha value is -3.86. The molecule has 1 fully saturated rings. The van der Waals surface area contributed by atoms with E-state index in [2.05, 4.69) is 25.9 Å². The molecule has 11 heteroatoms. The van der Waals surface area contributed by atoms with Crippen LogP contribution in [0.1, 0.15) is 34.3 Å². The molecule has 37 heavy (non-hydrogen) atoms. The molecular weight excluding hydrogens is 487 g/mol. The van der Waals surface area contributed by atoms with Crippen molar-refractivity contribution in [2.45, 2.75) is 25.6 Å². The summed E-state index contributed by atoms with van der Waals surface area (Å²) in [5.41, 5.74) is 0.0943. The molecule has 3 heterocycles. The summed E-state index contributed by atoms with van der Waals surface area (Å²) >= 11 is 0. The molecule has 8 nitrogen and oxygen atoms in total. The first-order valence-corrected chi connectivity index (χ1v) is 11.9. The number of piperidine rings is 1. The Bertz CT molecular complexity index is 1220. The van der Waals surface area contributed by atoms with Gasteiger partial charge >= 0.3 is 6.18 Å². The number of amides is 1. The predicted molar refractivity (Wildman–Crippen MR) is 133 cm³/mol. The van der Waals surface area contributed by atoms with Gasteiger partial charge in [-0.15, -0.1) is 0 Å². The predicted octanol–water partition coefficient (Wildman–Crippen LogP) is 4.75. The molecule has 0 bridgehead atoms. The number of hydrogen-bond acceptors (Lipinski definition) is 7. The van der Waals surface area contributed by atoms with Crippen LogP contribution in [0.25, 0.3) is 0 Å². The molecule has 0 spiro atoms. The van der Waals surface area contributed by atoms with Crippen LogP contribution in [0.2, 0.25) is 0 Å². The number of carbonyl (C=O) groups is 1. The van der Waals surface area contributed by atoms with E-state index in [1.807, 2.05) is 0 Å². The highest BCUT2D eigenvalue weighted by molar-refractivity contribution is 6.07. The lowest BCUT2D eigenvalue weighted by atomic mass is 10.0. The van der Waals surface area contributed by atoms with Gasteiger partial charge in [0.25, 0.3) is 5.91 Å². The fraction of sp³-hybridized carbons (Fsp3) is 0.346. The molecule has 2 aromatic heterocycles. The average Bonchev–Trinajstić information content (AvgIpc) is 2.91. The summed E-state index contributed by atoms with van der Waals surface area (Å²) in [6.07, 6.45) is 0.452. The number of nitrogens with one attached hydrogen (secondary N) is 3. The summed E-state index contributed by atoms with van der Waals surface area (Å²) in [4.78, 5) is 21.4. The normalized spacial score (nSPS) is 15.6. The zero-order chi connectivity index (χ0) is 26.3. The molecule has 3 aromatic rings. The first-order chi connectivity index (χ1) is 17.8. The Morgan fingerprint density at radius 3 is 2.78 bits per heavy atom. The number of carbonyl (C=O) groups excluding carboxylic acids is 1. The first-order valence-electron chi connectivity index (χ1n) is 11.9. The summed E-state index contributed by atoms with van der Waals surface area (Å²) in [7, 11) is 1.51. The van der Waals surface area contributed by atoms with Crippen LogP contribution in [0.3, 0.4) is 0 Å². The van der Waals surface area contributed by atoms with Gasteiger partial charge in [0.15, 0.2) is 0 Å². The number of ether oxygens (including phenoxy) is 2. The van der Waals surface area contributed by atoms with Crippen molar-refractivity contribution < 1.29 is 27.4 Å². The molecule has 1 saturated heterocycles. The van der Waals surface area contributed by atoms with Gasteiger partial charge in [-0.05, 0) is 55.3 Å². The number of methoxy groups -OCH3 is 1. The summed E-state index contributed by atoms with van der Waals surface area (Å²) in [6.45, 7) is 2.30. The summed E-state index contributed by atoms with van der Waals surface area (Å²) in [6, 6.07) is 9.88. The molecule has 1 aliphatic rings. The van der Waals surface area contributed by atoms with E-state index in [0.717, 1.165) is 43.6 Å². The third-order valence-corrected chi connectivity index (χ3v) is 5.90. The smallest absolute Gasteiger partial charge is 0.416 e. The maximum absolute atomic E-state index is 13.6. The molecule has 1 atom stereocenters. The molecule has 0 saturated carbocycles. The van der Waals surface area contributed by atoms with Gasteiger partial charge in [0.2, 0.25) is 5.88 Å². The third kappa shape index (κ3) is 7.32. The second kappa shape index (κ2) is 11.9. The monoisotopic (exact) mass is 515 g/mol. The van der Waals surface area contributed by atoms with Crippen molar-refractivity contribution in [3.05, 3.63) is 71.5 Å². The van der Waals surface area contributed by atoms with Crippen molar-refractivity contribution in [2.24, 2.45) is 5.92 Å². The van der Waals surface area contributed by atoms with Gasteiger partial charge in [0.1, 0.15) is 11.6 Å². The largest absolute Gasteiger partial charge is 0.493 e. The molecule has 4 rings (SSSR count). The Kier molecular flexibility index (Phi) is 8.44. The fourth-order valence-electron chi connectivity index (χ4n) is 3.98. The summed E-state index contributed by atoms with van der Waals surface area (Å²) in [5, 5.41) is 8.91.